The molecule has 0 aliphatic carbocycles. The van der Waals surface area contributed by atoms with Gasteiger partial charge >= 0.3 is 12.1 Å². The molecule has 0 rings (SSSR count). The maximum atomic E-state index is 12.5. The number of alkyl carbamates (subject to hydrolysis) is 1. The zero-order chi connectivity index (χ0) is 48.2. The van der Waals surface area contributed by atoms with E-state index in [0.29, 0.717) is 51.9 Å². The number of nitrogens with one attached hydrogen (secondary N) is 1. The predicted octanol–water partition coefficient (Wildman–Crippen LogP) is 8.64. The van der Waals surface area contributed by atoms with Gasteiger partial charge in [0.2, 0.25) is 0 Å². The van der Waals surface area contributed by atoms with Gasteiger partial charge in [0.05, 0.1) is 67.7 Å². The Balaban J connectivity index is -0.0000205. The topological polar surface area (TPSA) is 83.1 Å². The quantitative estimate of drug-likeness (QED) is 0.0374. The molecule has 1 unspecified atom stereocenters. The van der Waals surface area contributed by atoms with E-state index in [1.54, 1.807) is 0 Å². The highest BCUT2D eigenvalue weighted by Crippen LogP contribution is 2.30. The lowest BCUT2D eigenvalue weighted by Gasteiger charge is -2.29. The second-order valence-electron chi connectivity index (χ2n) is 22.2. The molecule has 0 aromatic heterocycles. The summed E-state index contributed by atoms with van der Waals surface area (Å²) in [4.78, 5) is 24.8. The SMILES string of the molecule is CCCCCCCCCCCCCCCC[N+](C)(C)CCOCCOC(=O)CCC(C)(C)CCC(C)CNC(=O)OCCOCC[N+](C)(C)CCCCCCCCCCCCCCCC.[Br-].[Br-]. The van der Waals surface area contributed by atoms with Crippen LogP contribution in [0.25, 0.3) is 0 Å². The van der Waals surface area contributed by atoms with Crippen molar-refractivity contribution in [2.24, 2.45) is 11.3 Å². The molecule has 0 aromatic rings. The lowest BCUT2D eigenvalue weighted by molar-refractivity contribution is -0.891. The van der Waals surface area contributed by atoms with Crippen LogP contribution < -0.4 is 39.3 Å². The number of likely N-dealkylation sites (N-methyl/N-ethyl adjacent to an activating group) is 2. The van der Waals surface area contributed by atoms with Gasteiger partial charge in [0.15, 0.2) is 0 Å². The molecule has 1 amide bonds. The van der Waals surface area contributed by atoms with Crippen molar-refractivity contribution in [3.63, 3.8) is 0 Å². The van der Waals surface area contributed by atoms with Gasteiger partial charge < -0.3 is 67.2 Å². The Morgan fingerprint density at radius 1 is 0.463 bits per heavy atom. The zero-order valence-corrected chi connectivity index (χ0v) is 49.3. The smallest absolute Gasteiger partial charge is 0.407 e. The molecule has 11 heteroatoms. The van der Waals surface area contributed by atoms with Crippen molar-refractivity contribution in [1.29, 1.82) is 0 Å². The van der Waals surface area contributed by atoms with Crippen LogP contribution in [-0.4, -0.2) is 122 Å². The van der Waals surface area contributed by atoms with Gasteiger partial charge in [0.25, 0.3) is 0 Å². The van der Waals surface area contributed by atoms with Gasteiger partial charge in [0, 0.05) is 13.0 Å². The molecule has 1 atom stereocenters. The van der Waals surface area contributed by atoms with E-state index in [4.69, 9.17) is 18.9 Å². The van der Waals surface area contributed by atoms with E-state index in [0.717, 1.165) is 41.3 Å². The van der Waals surface area contributed by atoms with Crippen LogP contribution in [0.4, 0.5) is 4.79 Å². The number of halogens is 2. The molecule has 0 bridgehead atoms. The minimum atomic E-state index is -0.386. The second kappa shape index (κ2) is 49.1. The number of quaternary nitrogens is 2. The van der Waals surface area contributed by atoms with Crippen molar-refractivity contribution in [2.45, 2.75) is 240 Å². The Labute approximate surface area is 438 Å². The number of rotatable bonds is 50. The standard InChI is InChI=1S/C56H114N3O6.2BrH/c1-10-12-14-16-18-20-22-24-26-28-30-32-34-36-42-58(6,7)44-46-62-48-50-64-54(60)39-41-56(4,5)40-38-53(3)52-57-55(61)65-51-49-63-47-45-59(8,9)43-37-35-33-31-29-27-25-23-21-19-17-15-13-11-2;;/h53H,10-52H2,1-9H3;2*1H/q+1;;/p-1. The molecule has 404 valence electrons. The maximum Gasteiger partial charge on any atom is 0.407 e. The molecule has 1 N–H and O–H groups in total. The van der Waals surface area contributed by atoms with Crippen LogP contribution >= 0.6 is 0 Å². The third kappa shape index (κ3) is 53.2. The van der Waals surface area contributed by atoms with Crippen molar-refractivity contribution in [2.75, 3.05) is 101 Å². The lowest BCUT2D eigenvalue weighted by Crippen LogP contribution is -3.00. The number of unbranched alkanes of at least 4 members (excludes halogenated alkanes) is 26. The fourth-order valence-electron chi connectivity index (χ4n) is 8.61. The van der Waals surface area contributed by atoms with Crippen molar-refractivity contribution in [1.82, 2.24) is 5.32 Å². The second-order valence-corrected chi connectivity index (χ2v) is 22.2. The van der Waals surface area contributed by atoms with Gasteiger partial charge in [-0.3, -0.25) is 4.79 Å². The third-order valence-corrected chi connectivity index (χ3v) is 13.8. The first-order chi connectivity index (χ1) is 31.2. The largest absolute Gasteiger partial charge is 1.00 e. The first kappa shape index (κ1) is 70.8. The van der Waals surface area contributed by atoms with Crippen LogP contribution in [0.1, 0.15) is 240 Å². The van der Waals surface area contributed by atoms with Crippen molar-refractivity contribution >= 4 is 12.1 Å². The number of ether oxygens (including phenoxy) is 4. The number of esters is 1. The Hall–Kier alpha value is -0.460. The summed E-state index contributed by atoms with van der Waals surface area (Å²) >= 11 is 0. The third-order valence-electron chi connectivity index (χ3n) is 13.8. The highest BCUT2D eigenvalue weighted by molar-refractivity contribution is 5.69. The van der Waals surface area contributed by atoms with Crippen molar-refractivity contribution < 1.29 is 71.5 Å². The summed E-state index contributed by atoms with van der Waals surface area (Å²) in [7, 11) is 9.15. The van der Waals surface area contributed by atoms with Gasteiger partial charge in [0.1, 0.15) is 26.3 Å². The van der Waals surface area contributed by atoms with E-state index in [1.165, 1.54) is 193 Å². The Morgan fingerprint density at radius 2 is 0.806 bits per heavy atom. The summed E-state index contributed by atoms with van der Waals surface area (Å²) in [6.45, 7) is 18.8. The number of hydrogen-bond acceptors (Lipinski definition) is 6. The van der Waals surface area contributed by atoms with Crippen LogP contribution in [0.2, 0.25) is 0 Å². The molecular formula is C56H115Br2N3O6. The molecule has 0 radical (unpaired) electrons. The van der Waals surface area contributed by atoms with Gasteiger partial charge in [-0.25, -0.2) is 4.79 Å². The normalized spacial score (nSPS) is 12.4. The molecule has 0 fully saturated rings. The molecule has 0 saturated heterocycles. The summed E-state index contributed by atoms with van der Waals surface area (Å²) < 4.78 is 24.4. The Kier molecular flexibility index (Phi) is 51.9. The van der Waals surface area contributed by atoms with Crippen LogP contribution in [0, 0.1) is 11.3 Å². The summed E-state index contributed by atoms with van der Waals surface area (Å²) in [5, 5.41) is 2.91. The first-order valence-corrected chi connectivity index (χ1v) is 28.1. The summed E-state index contributed by atoms with van der Waals surface area (Å²) in [5.41, 5.74) is 0.0114. The number of amides is 1. The Morgan fingerprint density at radius 3 is 1.18 bits per heavy atom. The molecule has 67 heavy (non-hydrogen) atoms. The minimum Gasteiger partial charge on any atom is -1.00 e. The zero-order valence-electron chi connectivity index (χ0n) is 46.1. The fraction of sp³-hybridized carbons (Fsp3) is 0.964. The van der Waals surface area contributed by atoms with E-state index in [2.05, 4.69) is 68.1 Å². The van der Waals surface area contributed by atoms with E-state index < -0.39 is 0 Å². The summed E-state index contributed by atoms with van der Waals surface area (Å²) in [6, 6.07) is 0. The minimum absolute atomic E-state index is 0. The first-order valence-electron chi connectivity index (χ1n) is 28.1. The van der Waals surface area contributed by atoms with E-state index in [1.807, 2.05) is 0 Å². The van der Waals surface area contributed by atoms with Gasteiger partial charge in [-0.2, -0.15) is 0 Å². The predicted molar refractivity (Wildman–Crippen MR) is 278 cm³/mol. The Bertz CT molecular complexity index is 1070. The number of hydrogen-bond donors (Lipinski definition) is 1. The molecular weight excluding hydrogens is 970 g/mol. The number of carbonyl (C=O) groups excluding carboxylic acids is 2. The highest BCUT2D eigenvalue weighted by atomic mass is 79.9. The van der Waals surface area contributed by atoms with Gasteiger partial charge in [-0.1, -0.05) is 189 Å². The monoisotopic (exact) mass is 1080 g/mol. The lowest BCUT2D eigenvalue weighted by atomic mass is 9.81. The summed E-state index contributed by atoms with van der Waals surface area (Å²) in [6.07, 6.45) is 41.7. The van der Waals surface area contributed by atoms with Gasteiger partial charge in [-0.05, 0) is 56.3 Å². The van der Waals surface area contributed by atoms with Gasteiger partial charge in [-0.15, -0.1) is 0 Å². The molecule has 0 spiro atoms. The summed E-state index contributed by atoms with van der Waals surface area (Å²) in [5.74, 6) is 0.157. The number of carbonyl (C=O) groups is 2. The number of nitrogens with zero attached hydrogens (tertiary/aromatic N) is 2. The van der Waals surface area contributed by atoms with E-state index in [-0.39, 0.29) is 58.0 Å². The maximum absolute atomic E-state index is 12.5. The van der Waals surface area contributed by atoms with Crippen LogP contribution in [0.15, 0.2) is 0 Å². The van der Waals surface area contributed by atoms with Crippen molar-refractivity contribution in [3.8, 4) is 0 Å². The average Bonchev–Trinajstić information content (AvgIpc) is 3.26. The molecule has 0 aromatic carbocycles. The molecule has 0 aliphatic heterocycles. The average molecular weight is 1090 g/mol. The highest BCUT2D eigenvalue weighted by Gasteiger charge is 2.22. The van der Waals surface area contributed by atoms with E-state index in [9.17, 15) is 9.59 Å². The van der Waals surface area contributed by atoms with Crippen LogP contribution in [0.3, 0.4) is 0 Å². The molecule has 0 heterocycles. The molecule has 9 nitrogen and oxygen atoms in total. The molecule has 0 saturated carbocycles. The fourth-order valence-corrected chi connectivity index (χ4v) is 8.61. The van der Waals surface area contributed by atoms with Crippen molar-refractivity contribution in [3.05, 3.63) is 0 Å². The molecule has 0 aliphatic rings. The van der Waals surface area contributed by atoms with Crippen LogP contribution in [-0.2, 0) is 23.7 Å². The van der Waals surface area contributed by atoms with E-state index >= 15 is 0 Å². The van der Waals surface area contributed by atoms with Crippen LogP contribution in [0.5, 0.6) is 0 Å².